The Labute approximate surface area is 269 Å². The molecule has 0 aliphatic carbocycles. The van der Waals surface area contributed by atoms with Crippen LogP contribution in [-0.2, 0) is 0 Å². The Hall–Kier alpha value is -2.93. The van der Waals surface area contributed by atoms with Gasteiger partial charge in [0.1, 0.15) is 11.3 Å². The number of pyridine rings is 1. The average molecular weight is 704 g/mol. The van der Waals surface area contributed by atoms with Crippen LogP contribution in [-0.4, -0.2) is 32.6 Å². The molecule has 0 saturated heterocycles. The van der Waals surface area contributed by atoms with Crippen molar-refractivity contribution in [2.45, 2.75) is 6.18 Å². The quantitative estimate of drug-likeness (QED) is 0.234. The van der Waals surface area contributed by atoms with Gasteiger partial charge in [-0.2, -0.15) is 13.2 Å². The van der Waals surface area contributed by atoms with Crippen molar-refractivity contribution in [2.75, 3.05) is 0 Å². The summed E-state index contributed by atoms with van der Waals surface area (Å²) in [4.78, 5) is 26.2. The van der Waals surface area contributed by atoms with Crippen LogP contribution in [0.2, 0.25) is 0 Å². The van der Waals surface area contributed by atoms with E-state index in [1.165, 1.54) is 17.4 Å². The Bertz CT molecular complexity index is 1930. The molecule has 40 heavy (non-hydrogen) atoms. The Morgan fingerprint density at radius 3 is 2.08 bits per heavy atom. The van der Waals surface area contributed by atoms with E-state index in [-0.39, 0.29) is 71.2 Å². The molecular formula is C29H20EuF3NO5S. The van der Waals surface area contributed by atoms with Crippen molar-refractivity contribution in [3.63, 3.8) is 0 Å². The number of para-hydroxylation sites is 1. The molecule has 6 rings (SSSR count). The normalized spacial score (nSPS) is 11.1. The number of fused-ring (bicyclic) bond motifs is 5. The molecule has 2 heterocycles. The van der Waals surface area contributed by atoms with Crippen LogP contribution in [0.3, 0.4) is 0 Å². The van der Waals surface area contributed by atoms with E-state index >= 15 is 0 Å². The summed E-state index contributed by atoms with van der Waals surface area (Å²) >= 11 is 1.36. The maximum atomic E-state index is 13.8. The van der Waals surface area contributed by atoms with Crippen LogP contribution in [0.1, 0.15) is 10.4 Å². The van der Waals surface area contributed by atoms with Crippen molar-refractivity contribution < 1.29 is 83.4 Å². The molecule has 0 saturated carbocycles. The van der Waals surface area contributed by atoms with Gasteiger partial charge in [-0.1, -0.05) is 72.8 Å². The molecule has 0 bridgehead atoms. The number of alkyl halides is 3. The van der Waals surface area contributed by atoms with Gasteiger partial charge in [-0.15, -0.1) is 11.3 Å². The maximum Gasteiger partial charge on any atom is 0.455 e. The van der Waals surface area contributed by atoms with Gasteiger partial charge in [-0.3, -0.25) is 14.2 Å². The second kappa shape index (κ2) is 11.9. The standard InChI is InChI=1S/C29H16F3NO3S.Eu.2H2O/c30-29(31,32)27(35)23-25(34)20-15-14-19-18-11-5-7-13-22(18)37-26(19)24(20)33(28(23)36)21-12-6-4-10-17(21)16-8-2-1-3-9-16;;;/h1-15,34H;;2*1H2. The number of hydrogen-bond acceptors (Lipinski definition) is 4. The van der Waals surface area contributed by atoms with E-state index in [9.17, 15) is 27.9 Å². The summed E-state index contributed by atoms with van der Waals surface area (Å²) in [5, 5.41) is 12.6. The first-order chi connectivity index (χ1) is 17.8. The number of thiophene rings is 1. The van der Waals surface area contributed by atoms with Crippen LogP contribution in [0.25, 0.3) is 47.9 Å². The fourth-order valence-corrected chi connectivity index (χ4v) is 5.98. The van der Waals surface area contributed by atoms with E-state index in [2.05, 4.69) is 0 Å². The van der Waals surface area contributed by atoms with E-state index in [1.54, 1.807) is 30.3 Å². The van der Waals surface area contributed by atoms with Gasteiger partial charge in [0.2, 0.25) is 0 Å². The third-order valence-electron chi connectivity index (χ3n) is 6.37. The SMILES string of the molecule is O.O.O=C(c1c(O)c2ccc3c4ccccc4sc3c2n(-c2ccccc2-c2ccccc2)c1=O)C(F)(F)F.[Eu]. The number of carbonyl (C=O) groups excluding carboxylic acids is 1. The zero-order valence-electron chi connectivity index (χ0n) is 20.3. The predicted octanol–water partition coefficient (Wildman–Crippen LogP) is 5.83. The van der Waals surface area contributed by atoms with E-state index in [4.69, 9.17) is 0 Å². The maximum absolute atomic E-state index is 13.8. The van der Waals surface area contributed by atoms with Crippen LogP contribution in [0.15, 0.2) is 95.8 Å². The molecule has 1 radical (unpaired) electrons. The molecule has 5 N–H and O–H groups in total. The number of Topliss-reactive ketones (excluding diaryl/α,β-unsaturated/α-hetero) is 1. The van der Waals surface area contributed by atoms with Crippen molar-refractivity contribution in [1.29, 1.82) is 0 Å². The molecule has 0 atom stereocenters. The van der Waals surface area contributed by atoms with Gasteiger partial charge in [0.25, 0.3) is 11.3 Å². The summed E-state index contributed by atoms with van der Waals surface area (Å²) < 4.78 is 43.3. The van der Waals surface area contributed by atoms with Crippen LogP contribution < -0.4 is 5.56 Å². The Kier molecular flexibility index (Phi) is 9.40. The number of aromatic hydroxyl groups is 1. The third-order valence-corrected chi connectivity index (χ3v) is 7.56. The third kappa shape index (κ3) is 5.02. The van der Waals surface area contributed by atoms with Gasteiger partial charge in [-0.05, 0) is 23.8 Å². The number of nitrogens with zero attached hydrogens (tertiary/aromatic N) is 1. The molecule has 0 aliphatic rings. The Morgan fingerprint density at radius 1 is 0.775 bits per heavy atom. The fraction of sp³-hybridized carbons (Fsp3) is 0.0345. The predicted molar refractivity (Wildman–Crippen MR) is 147 cm³/mol. The van der Waals surface area contributed by atoms with Crippen molar-refractivity contribution in [1.82, 2.24) is 4.57 Å². The molecule has 0 amide bonds. The molecular weight excluding hydrogens is 683 g/mol. The summed E-state index contributed by atoms with van der Waals surface area (Å²) in [5.41, 5.74) is -0.684. The van der Waals surface area contributed by atoms with Gasteiger partial charge < -0.3 is 16.1 Å². The number of carbonyl (C=O) groups is 1. The van der Waals surface area contributed by atoms with Gasteiger partial charge in [0, 0.05) is 75.8 Å². The number of ketones is 1. The Balaban J connectivity index is 0.00000147. The number of benzene rings is 4. The topological polar surface area (TPSA) is 122 Å². The summed E-state index contributed by atoms with van der Waals surface area (Å²) in [7, 11) is 0. The minimum absolute atomic E-state index is 0. The second-order valence-corrected chi connectivity index (χ2v) is 9.56. The van der Waals surface area contributed by atoms with Crippen LogP contribution in [0.5, 0.6) is 5.75 Å². The van der Waals surface area contributed by atoms with Crippen molar-refractivity contribution in [3.05, 3.63) is 107 Å². The van der Waals surface area contributed by atoms with Gasteiger partial charge >= 0.3 is 6.18 Å². The minimum Gasteiger partial charge on any atom is -0.506 e. The summed E-state index contributed by atoms with van der Waals surface area (Å²) in [6, 6.07) is 26.6. The smallest absolute Gasteiger partial charge is 0.455 e. The molecule has 0 aliphatic heterocycles. The summed E-state index contributed by atoms with van der Waals surface area (Å²) in [6.07, 6.45) is -5.34. The monoisotopic (exact) mass is 704 g/mol. The molecule has 0 fully saturated rings. The van der Waals surface area contributed by atoms with Crippen LogP contribution in [0.4, 0.5) is 13.2 Å². The molecule has 6 aromatic rings. The summed E-state index contributed by atoms with van der Waals surface area (Å²) in [6.45, 7) is 0. The molecule has 11 heteroatoms. The van der Waals surface area contributed by atoms with Crippen molar-refractivity contribution in [3.8, 4) is 22.6 Å². The average Bonchev–Trinajstić information content (AvgIpc) is 3.28. The number of aromatic nitrogens is 1. The molecule has 6 nitrogen and oxygen atoms in total. The first-order valence-corrected chi connectivity index (χ1v) is 12.1. The van der Waals surface area contributed by atoms with Gasteiger partial charge in [0.05, 0.1) is 15.9 Å². The minimum atomic E-state index is -5.34. The molecule has 4 aromatic carbocycles. The number of hydrogen-bond donors (Lipinski definition) is 1. The first-order valence-electron chi connectivity index (χ1n) is 11.3. The van der Waals surface area contributed by atoms with Gasteiger partial charge in [0.15, 0.2) is 0 Å². The molecule has 0 unspecified atom stereocenters. The molecule has 0 spiro atoms. The first kappa shape index (κ1) is 31.6. The van der Waals surface area contributed by atoms with E-state index in [1.807, 2.05) is 54.6 Å². The zero-order chi connectivity index (χ0) is 25.9. The largest absolute Gasteiger partial charge is 0.506 e. The number of halogens is 3. The zero-order valence-corrected chi connectivity index (χ0v) is 23.5. The second-order valence-electron chi connectivity index (χ2n) is 8.51. The van der Waals surface area contributed by atoms with Crippen LogP contribution >= 0.6 is 11.3 Å². The van der Waals surface area contributed by atoms with E-state index in [0.29, 0.717) is 16.0 Å². The number of rotatable bonds is 3. The molecule has 205 valence electrons. The molecule has 2 aromatic heterocycles. The van der Waals surface area contributed by atoms with E-state index in [0.717, 1.165) is 25.6 Å². The Morgan fingerprint density at radius 2 is 1.38 bits per heavy atom. The van der Waals surface area contributed by atoms with Gasteiger partial charge in [-0.25, -0.2) is 0 Å². The van der Waals surface area contributed by atoms with Crippen molar-refractivity contribution in [2.24, 2.45) is 0 Å². The van der Waals surface area contributed by atoms with Crippen molar-refractivity contribution >= 4 is 48.2 Å². The summed E-state index contributed by atoms with van der Waals surface area (Å²) in [5.74, 6) is -3.37. The van der Waals surface area contributed by atoms with Crippen LogP contribution in [0, 0.1) is 49.4 Å². The van der Waals surface area contributed by atoms with E-state index < -0.39 is 28.8 Å². The fourth-order valence-electron chi connectivity index (χ4n) is 4.74.